The molecule has 0 amide bonds. The lowest BCUT2D eigenvalue weighted by atomic mass is 9.83. The molecule has 1 unspecified atom stereocenters. The van der Waals surface area contributed by atoms with Gasteiger partial charge in [0.2, 0.25) is 0 Å². The van der Waals surface area contributed by atoms with Gasteiger partial charge in [0.05, 0.1) is 6.04 Å². The smallest absolute Gasteiger partial charge is 0.155 e. The van der Waals surface area contributed by atoms with Gasteiger partial charge in [0.1, 0.15) is 0 Å². The molecular weight excluding hydrogens is 186 g/mol. The van der Waals surface area contributed by atoms with E-state index in [1.165, 1.54) is 25.7 Å². The zero-order chi connectivity index (χ0) is 11.1. The van der Waals surface area contributed by atoms with E-state index >= 15 is 0 Å². The molecule has 1 heterocycles. The minimum atomic E-state index is -0.170. The summed E-state index contributed by atoms with van der Waals surface area (Å²) in [5.41, 5.74) is -0.170. The van der Waals surface area contributed by atoms with Crippen LogP contribution in [0.25, 0.3) is 0 Å². The fraction of sp³-hybridized carbons (Fsp3) is 0.923. The van der Waals surface area contributed by atoms with E-state index in [1.54, 1.807) is 0 Å². The molecule has 1 aliphatic heterocycles. The van der Waals surface area contributed by atoms with E-state index in [0.29, 0.717) is 5.78 Å². The van der Waals surface area contributed by atoms with Crippen molar-refractivity contribution in [3.63, 3.8) is 0 Å². The Kier molecular flexibility index (Phi) is 2.89. The first-order valence-electron chi connectivity index (χ1n) is 6.30. The second kappa shape index (κ2) is 3.89. The van der Waals surface area contributed by atoms with Crippen LogP contribution in [0.2, 0.25) is 0 Å². The van der Waals surface area contributed by atoms with Crippen molar-refractivity contribution in [2.24, 2.45) is 5.41 Å². The largest absolute Gasteiger partial charge is 0.297 e. The van der Waals surface area contributed by atoms with Gasteiger partial charge in [-0.05, 0) is 32.2 Å². The molecule has 2 heteroatoms. The molecule has 2 nitrogen and oxygen atoms in total. The molecule has 2 rings (SSSR count). The normalized spacial score (nSPS) is 29.1. The van der Waals surface area contributed by atoms with Crippen LogP contribution in [0.5, 0.6) is 0 Å². The predicted molar refractivity (Wildman–Crippen MR) is 61.8 cm³/mol. The summed E-state index contributed by atoms with van der Waals surface area (Å²) in [6, 6.07) is 0.957. The lowest BCUT2D eigenvalue weighted by Gasteiger charge is -2.39. The van der Waals surface area contributed by atoms with Gasteiger partial charge in [0, 0.05) is 11.5 Å². The molecule has 0 aromatic heterocycles. The van der Waals surface area contributed by atoms with Gasteiger partial charge in [0.25, 0.3) is 0 Å². The number of hydrogen-bond donors (Lipinski definition) is 0. The quantitative estimate of drug-likeness (QED) is 0.697. The third-order valence-corrected chi connectivity index (χ3v) is 3.88. The maximum absolute atomic E-state index is 12.3. The summed E-state index contributed by atoms with van der Waals surface area (Å²) >= 11 is 0. The minimum absolute atomic E-state index is 0.170. The third-order valence-electron chi connectivity index (χ3n) is 3.88. The predicted octanol–water partition coefficient (Wildman–Crippen LogP) is 2.62. The minimum Gasteiger partial charge on any atom is -0.297 e. The summed E-state index contributed by atoms with van der Waals surface area (Å²) in [5, 5.41) is 0. The van der Waals surface area contributed by atoms with Crippen molar-refractivity contribution in [1.29, 1.82) is 0 Å². The first-order chi connectivity index (χ1) is 7.00. The van der Waals surface area contributed by atoms with Crippen molar-refractivity contribution < 1.29 is 4.79 Å². The SMILES string of the molecule is CC(C)(C)C(=O)C1CCCN1C1CCC1. The van der Waals surface area contributed by atoms with E-state index in [0.717, 1.165) is 19.0 Å². The summed E-state index contributed by atoms with van der Waals surface area (Å²) in [6.07, 6.45) is 6.29. The molecule has 0 bridgehead atoms. The monoisotopic (exact) mass is 209 g/mol. The summed E-state index contributed by atoms with van der Waals surface area (Å²) in [7, 11) is 0. The highest BCUT2D eigenvalue weighted by atomic mass is 16.1. The molecule has 0 radical (unpaired) electrons. The Morgan fingerprint density at radius 1 is 1.13 bits per heavy atom. The molecule has 0 aromatic rings. The Hall–Kier alpha value is -0.370. The molecule has 86 valence electrons. The summed E-state index contributed by atoms with van der Waals surface area (Å²) < 4.78 is 0. The maximum atomic E-state index is 12.3. The first-order valence-corrected chi connectivity index (χ1v) is 6.30. The highest BCUT2D eigenvalue weighted by Gasteiger charge is 2.40. The molecule has 0 N–H and O–H groups in total. The lowest BCUT2D eigenvalue weighted by molar-refractivity contribution is -0.132. The number of rotatable bonds is 2. The summed E-state index contributed by atoms with van der Waals surface area (Å²) in [6.45, 7) is 7.29. The highest BCUT2D eigenvalue weighted by molar-refractivity contribution is 5.89. The Balaban J connectivity index is 2.04. The Morgan fingerprint density at radius 3 is 2.27 bits per heavy atom. The molecule has 1 atom stereocenters. The molecule has 1 saturated heterocycles. The van der Waals surface area contributed by atoms with E-state index in [-0.39, 0.29) is 11.5 Å². The fourth-order valence-corrected chi connectivity index (χ4v) is 2.73. The van der Waals surface area contributed by atoms with Gasteiger partial charge in [-0.3, -0.25) is 9.69 Å². The zero-order valence-corrected chi connectivity index (χ0v) is 10.3. The highest BCUT2D eigenvalue weighted by Crippen LogP contribution is 2.34. The van der Waals surface area contributed by atoms with Crippen LogP contribution in [0.1, 0.15) is 52.9 Å². The molecule has 2 fully saturated rings. The maximum Gasteiger partial charge on any atom is 0.155 e. The third kappa shape index (κ3) is 2.10. The van der Waals surface area contributed by atoms with Crippen LogP contribution >= 0.6 is 0 Å². The molecule has 0 spiro atoms. The van der Waals surface area contributed by atoms with Gasteiger partial charge in [-0.25, -0.2) is 0 Å². The van der Waals surface area contributed by atoms with Crippen LogP contribution in [0.15, 0.2) is 0 Å². The molecule has 1 saturated carbocycles. The first kappa shape index (κ1) is 11.1. The average Bonchev–Trinajstić information content (AvgIpc) is 2.46. The van der Waals surface area contributed by atoms with E-state index in [9.17, 15) is 4.79 Å². The standard InChI is InChI=1S/C13H23NO/c1-13(2,3)12(15)11-8-5-9-14(11)10-6-4-7-10/h10-11H,4-9H2,1-3H3. The topological polar surface area (TPSA) is 20.3 Å². The van der Waals surface area contributed by atoms with Crippen molar-refractivity contribution in [2.45, 2.75) is 65.0 Å². The number of likely N-dealkylation sites (tertiary alicyclic amines) is 1. The van der Waals surface area contributed by atoms with Crippen LogP contribution in [0.3, 0.4) is 0 Å². The summed E-state index contributed by atoms with van der Waals surface area (Å²) in [4.78, 5) is 14.8. The van der Waals surface area contributed by atoms with Gasteiger partial charge in [-0.1, -0.05) is 27.2 Å². The van der Waals surface area contributed by atoms with Crippen LogP contribution in [-0.4, -0.2) is 29.3 Å². The van der Waals surface area contributed by atoms with E-state index in [2.05, 4.69) is 4.90 Å². The van der Waals surface area contributed by atoms with E-state index in [4.69, 9.17) is 0 Å². The van der Waals surface area contributed by atoms with Gasteiger partial charge in [0.15, 0.2) is 5.78 Å². The Labute approximate surface area is 93.0 Å². The molecule has 15 heavy (non-hydrogen) atoms. The van der Waals surface area contributed by atoms with Gasteiger partial charge >= 0.3 is 0 Å². The van der Waals surface area contributed by atoms with Crippen molar-refractivity contribution in [1.82, 2.24) is 4.90 Å². The Bertz CT molecular complexity index is 250. The van der Waals surface area contributed by atoms with Crippen molar-refractivity contribution in [2.75, 3.05) is 6.54 Å². The number of carbonyl (C=O) groups is 1. The van der Waals surface area contributed by atoms with Crippen LogP contribution < -0.4 is 0 Å². The van der Waals surface area contributed by atoms with E-state index in [1.807, 2.05) is 20.8 Å². The van der Waals surface area contributed by atoms with Crippen molar-refractivity contribution in [3.05, 3.63) is 0 Å². The fourth-order valence-electron chi connectivity index (χ4n) is 2.73. The van der Waals surface area contributed by atoms with Gasteiger partial charge < -0.3 is 0 Å². The Morgan fingerprint density at radius 2 is 1.80 bits per heavy atom. The molecule has 2 aliphatic rings. The number of carbonyl (C=O) groups excluding carboxylic acids is 1. The average molecular weight is 209 g/mol. The van der Waals surface area contributed by atoms with E-state index < -0.39 is 0 Å². The number of ketones is 1. The van der Waals surface area contributed by atoms with Crippen molar-refractivity contribution >= 4 is 5.78 Å². The van der Waals surface area contributed by atoms with Crippen molar-refractivity contribution in [3.8, 4) is 0 Å². The van der Waals surface area contributed by atoms with Crippen LogP contribution in [0, 0.1) is 5.41 Å². The van der Waals surface area contributed by atoms with Gasteiger partial charge in [-0.2, -0.15) is 0 Å². The lowest BCUT2D eigenvalue weighted by Crippen LogP contribution is -2.49. The zero-order valence-electron chi connectivity index (χ0n) is 10.3. The van der Waals surface area contributed by atoms with Crippen LogP contribution in [0.4, 0.5) is 0 Å². The molecule has 0 aromatic carbocycles. The second-order valence-corrected chi connectivity index (χ2v) is 6.09. The van der Waals surface area contributed by atoms with Crippen LogP contribution in [-0.2, 0) is 4.79 Å². The summed E-state index contributed by atoms with van der Waals surface area (Å²) in [5.74, 6) is 0.451. The number of Topliss-reactive ketones (excluding diaryl/α,β-unsaturated/α-hetero) is 1. The van der Waals surface area contributed by atoms with Gasteiger partial charge in [-0.15, -0.1) is 0 Å². The number of nitrogens with zero attached hydrogens (tertiary/aromatic N) is 1. The molecule has 1 aliphatic carbocycles. The molecular formula is C13H23NO. The number of hydrogen-bond acceptors (Lipinski definition) is 2. The second-order valence-electron chi connectivity index (χ2n) is 6.09.